The Labute approximate surface area is 79.9 Å². The molecule has 0 atom stereocenters. The smallest absolute Gasteiger partial charge is 0.508 e. The highest BCUT2D eigenvalue weighted by Crippen LogP contribution is 2.08. The molecule has 0 aliphatic heterocycles. The standard InChI is InChI=1S/C7H6O3.BH3O3/c8-6-3-1-5(2-4-6)7(9)10;2-1(3)4/h1-4,8H,(H,9,10);2-4H. The Balaban J connectivity index is 0.000000364. The highest BCUT2D eigenvalue weighted by atomic mass is 16.5. The van der Waals surface area contributed by atoms with Gasteiger partial charge in [-0.25, -0.2) is 4.79 Å². The number of hydrogen-bond donors (Lipinski definition) is 5. The minimum atomic E-state index is -2.17. The van der Waals surface area contributed by atoms with Gasteiger partial charge in [0, 0.05) is 0 Å². The Hall–Kier alpha value is -1.57. The molecule has 1 aromatic carbocycles. The molecule has 76 valence electrons. The van der Waals surface area contributed by atoms with Gasteiger partial charge in [0.15, 0.2) is 0 Å². The van der Waals surface area contributed by atoms with E-state index in [0.717, 1.165) is 0 Å². The Morgan fingerprint density at radius 1 is 1.07 bits per heavy atom. The van der Waals surface area contributed by atoms with Crippen LogP contribution in [0.15, 0.2) is 24.3 Å². The Morgan fingerprint density at radius 3 is 1.71 bits per heavy atom. The lowest BCUT2D eigenvalue weighted by molar-refractivity contribution is 0.0697. The highest BCUT2D eigenvalue weighted by Gasteiger charge is 1.99. The quantitative estimate of drug-likeness (QED) is 0.372. The summed E-state index contributed by atoms with van der Waals surface area (Å²) in [5.41, 5.74) is 0.179. The first-order valence-electron chi connectivity index (χ1n) is 3.50. The van der Waals surface area contributed by atoms with Gasteiger partial charge in [-0.3, -0.25) is 0 Å². The molecule has 0 unspecified atom stereocenters. The van der Waals surface area contributed by atoms with Crippen molar-refractivity contribution >= 4 is 13.3 Å². The molecule has 0 bridgehead atoms. The lowest BCUT2D eigenvalue weighted by atomic mass is 10.2. The minimum Gasteiger partial charge on any atom is -0.508 e. The van der Waals surface area contributed by atoms with Gasteiger partial charge in [-0.05, 0) is 24.3 Å². The van der Waals surface area contributed by atoms with E-state index in [9.17, 15) is 4.79 Å². The summed E-state index contributed by atoms with van der Waals surface area (Å²) in [6, 6.07) is 5.36. The van der Waals surface area contributed by atoms with Crippen molar-refractivity contribution < 1.29 is 30.1 Å². The van der Waals surface area contributed by atoms with Crippen LogP contribution in [-0.2, 0) is 0 Å². The Kier molecular flexibility index (Phi) is 5.31. The molecular formula is C7H9BO6. The molecule has 7 heteroatoms. The van der Waals surface area contributed by atoms with Gasteiger partial charge in [-0.2, -0.15) is 0 Å². The molecule has 1 aromatic rings. The zero-order valence-corrected chi connectivity index (χ0v) is 7.03. The van der Waals surface area contributed by atoms with Crippen LogP contribution in [-0.4, -0.2) is 38.6 Å². The van der Waals surface area contributed by atoms with Gasteiger partial charge in [-0.15, -0.1) is 0 Å². The molecule has 0 heterocycles. The lowest BCUT2D eigenvalue weighted by Gasteiger charge is -1.92. The van der Waals surface area contributed by atoms with Crippen molar-refractivity contribution in [3.8, 4) is 5.75 Å². The molecule has 14 heavy (non-hydrogen) atoms. The summed E-state index contributed by atoms with van der Waals surface area (Å²) in [6.07, 6.45) is 0. The SMILES string of the molecule is O=C(O)c1ccc(O)cc1.OB(O)O. The third kappa shape index (κ3) is 6.01. The Bertz CT molecular complexity index is 280. The second kappa shape index (κ2) is 5.98. The molecule has 0 spiro atoms. The maximum absolute atomic E-state index is 10.2. The van der Waals surface area contributed by atoms with Crippen molar-refractivity contribution in [3.63, 3.8) is 0 Å². The van der Waals surface area contributed by atoms with E-state index in [2.05, 4.69) is 0 Å². The van der Waals surface area contributed by atoms with Crippen LogP contribution in [0.4, 0.5) is 0 Å². The van der Waals surface area contributed by atoms with E-state index >= 15 is 0 Å². The van der Waals surface area contributed by atoms with E-state index in [1.807, 2.05) is 0 Å². The summed E-state index contributed by atoms with van der Waals surface area (Å²) in [4.78, 5) is 10.2. The fourth-order valence-corrected chi connectivity index (χ4v) is 0.604. The molecule has 0 aromatic heterocycles. The lowest BCUT2D eigenvalue weighted by Crippen LogP contribution is -2.07. The zero-order chi connectivity index (χ0) is 11.1. The van der Waals surface area contributed by atoms with Gasteiger partial charge >= 0.3 is 13.3 Å². The molecule has 1 rings (SSSR count). The molecule has 5 N–H and O–H groups in total. The molecule has 0 aliphatic rings. The van der Waals surface area contributed by atoms with Crippen molar-refractivity contribution in [1.82, 2.24) is 0 Å². The summed E-state index contributed by atoms with van der Waals surface area (Å²) in [5, 5.41) is 38.6. The summed E-state index contributed by atoms with van der Waals surface area (Å²) < 4.78 is 0. The van der Waals surface area contributed by atoms with Crippen LogP contribution >= 0.6 is 0 Å². The van der Waals surface area contributed by atoms with Crippen LogP contribution in [0.1, 0.15) is 10.4 Å². The average Bonchev–Trinajstić information content (AvgIpc) is 2.03. The molecule has 0 aliphatic carbocycles. The maximum atomic E-state index is 10.2. The van der Waals surface area contributed by atoms with Gasteiger partial charge in [0.25, 0.3) is 0 Å². The summed E-state index contributed by atoms with van der Waals surface area (Å²) in [6.45, 7) is 0. The number of benzene rings is 1. The fourth-order valence-electron chi connectivity index (χ4n) is 0.604. The summed E-state index contributed by atoms with van der Waals surface area (Å²) >= 11 is 0. The second-order valence-corrected chi connectivity index (χ2v) is 2.20. The number of carboxylic acid groups (broad SMARTS) is 1. The first-order chi connectivity index (χ1) is 6.43. The number of phenolic OH excluding ortho intramolecular Hbond substituents is 1. The van der Waals surface area contributed by atoms with Gasteiger partial charge in [0.1, 0.15) is 5.75 Å². The van der Waals surface area contributed by atoms with E-state index < -0.39 is 13.3 Å². The number of phenols is 1. The van der Waals surface area contributed by atoms with E-state index in [0.29, 0.717) is 0 Å². The molecule has 0 radical (unpaired) electrons. The molecule has 0 fully saturated rings. The van der Waals surface area contributed by atoms with E-state index in [-0.39, 0.29) is 11.3 Å². The molecule has 0 saturated heterocycles. The number of aromatic carboxylic acids is 1. The second-order valence-electron chi connectivity index (χ2n) is 2.20. The van der Waals surface area contributed by atoms with Crippen molar-refractivity contribution in [3.05, 3.63) is 29.8 Å². The van der Waals surface area contributed by atoms with E-state index in [1.54, 1.807) is 0 Å². The number of carbonyl (C=O) groups is 1. The third-order valence-electron chi connectivity index (χ3n) is 1.11. The van der Waals surface area contributed by atoms with Crippen molar-refractivity contribution in [1.29, 1.82) is 0 Å². The Morgan fingerprint density at radius 2 is 1.43 bits per heavy atom. The van der Waals surface area contributed by atoms with Crippen LogP contribution in [0.3, 0.4) is 0 Å². The topological polar surface area (TPSA) is 118 Å². The van der Waals surface area contributed by atoms with Crippen molar-refractivity contribution in [2.45, 2.75) is 0 Å². The minimum absolute atomic E-state index is 0.0741. The van der Waals surface area contributed by atoms with Gasteiger partial charge < -0.3 is 25.3 Å². The largest absolute Gasteiger partial charge is 0.631 e. The van der Waals surface area contributed by atoms with Crippen LogP contribution in [0.5, 0.6) is 5.75 Å². The molecule has 0 amide bonds. The van der Waals surface area contributed by atoms with Gasteiger partial charge in [-0.1, -0.05) is 0 Å². The number of carboxylic acids is 1. The van der Waals surface area contributed by atoms with Gasteiger partial charge in [0.2, 0.25) is 0 Å². The predicted octanol–water partition coefficient (Wildman–Crippen LogP) is -0.961. The third-order valence-corrected chi connectivity index (χ3v) is 1.11. The van der Waals surface area contributed by atoms with Crippen molar-refractivity contribution in [2.75, 3.05) is 0 Å². The number of aromatic hydroxyl groups is 1. The van der Waals surface area contributed by atoms with Gasteiger partial charge in [0.05, 0.1) is 5.56 Å². The van der Waals surface area contributed by atoms with Crippen molar-refractivity contribution in [2.24, 2.45) is 0 Å². The van der Waals surface area contributed by atoms with E-state index in [1.165, 1.54) is 24.3 Å². The predicted molar refractivity (Wildman–Crippen MR) is 47.5 cm³/mol. The highest BCUT2D eigenvalue weighted by molar-refractivity contribution is 6.30. The molecule has 6 nitrogen and oxygen atoms in total. The van der Waals surface area contributed by atoms with Crippen LogP contribution in [0.25, 0.3) is 0 Å². The first kappa shape index (κ1) is 12.4. The normalized spacial score (nSPS) is 8.50. The molecular weight excluding hydrogens is 191 g/mol. The number of rotatable bonds is 1. The van der Waals surface area contributed by atoms with Crippen LogP contribution in [0.2, 0.25) is 0 Å². The van der Waals surface area contributed by atoms with E-state index in [4.69, 9.17) is 25.3 Å². The monoisotopic (exact) mass is 200 g/mol. The maximum Gasteiger partial charge on any atom is 0.631 e. The summed E-state index contributed by atoms with van der Waals surface area (Å²) in [5.74, 6) is -0.912. The number of hydrogen-bond acceptors (Lipinski definition) is 5. The summed E-state index contributed by atoms with van der Waals surface area (Å²) in [7, 11) is -2.17. The zero-order valence-electron chi connectivity index (χ0n) is 7.03. The fraction of sp³-hybridized carbons (Fsp3) is 0. The van der Waals surface area contributed by atoms with Crippen LogP contribution in [0, 0.1) is 0 Å². The van der Waals surface area contributed by atoms with Crippen LogP contribution < -0.4 is 0 Å². The average molecular weight is 200 g/mol. The molecule has 0 saturated carbocycles. The first-order valence-corrected chi connectivity index (χ1v) is 3.50.